The van der Waals surface area contributed by atoms with Crippen molar-refractivity contribution in [1.82, 2.24) is 20.0 Å². The molecule has 8 nitrogen and oxygen atoms in total. The molecule has 2 atom stereocenters. The molecule has 210 valence electrons. The second kappa shape index (κ2) is 12.2. The Morgan fingerprint density at radius 1 is 1.13 bits per heavy atom. The smallest absolute Gasteiger partial charge is 0.416 e. The summed E-state index contributed by atoms with van der Waals surface area (Å²) in [7, 11) is 0. The lowest BCUT2D eigenvalue weighted by Gasteiger charge is -2.43. The molecule has 0 aromatic heterocycles. The minimum atomic E-state index is -4.51. The number of alkyl halides is 3. The molecule has 1 aromatic rings. The Bertz CT molecular complexity index is 1060. The van der Waals surface area contributed by atoms with Crippen molar-refractivity contribution in [3.05, 3.63) is 46.7 Å². The van der Waals surface area contributed by atoms with Crippen LogP contribution in [0.25, 0.3) is 0 Å². The number of benzene rings is 1. The van der Waals surface area contributed by atoms with E-state index < -0.39 is 29.8 Å². The third kappa shape index (κ3) is 6.67. The van der Waals surface area contributed by atoms with Gasteiger partial charge in [0.05, 0.1) is 23.8 Å². The van der Waals surface area contributed by atoms with E-state index in [1.54, 1.807) is 13.8 Å². The second-order valence-electron chi connectivity index (χ2n) is 10.1. The van der Waals surface area contributed by atoms with Crippen LogP contribution >= 0.6 is 0 Å². The van der Waals surface area contributed by atoms with Crippen molar-refractivity contribution in [3.63, 3.8) is 0 Å². The van der Waals surface area contributed by atoms with Gasteiger partial charge in [-0.3, -0.25) is 14.6 Å². The molecule has 0 bridgehead atoms. The van der Waals surface area contributed by atoms with Crippen LogP contribution in [0.15, 0.2) is 35.5 Å². The number of nitrogens with one attached hydrogen (secondary N) is 1. The summed E-state index contributed by atoms with van der Waals surface area (Å²) >= 11 is 0. The maximum absolute atomic E-state index is 13.2. The molecule has 0 saturated carbocycles. The lowest BCUT2D eigenvalue weighted by atomic mass is 9.93. The van der Waals surface area contributed by atoms with Crippen LogP contribution in [-0.4, -0.2) is 78.0 Å². The Hall–Kier alpha value is -3.08. The Balaban J connectivity index is 1.96. The van der Waals surface area contributed by atoms with Crippen molar-refractivity contribution in [2.45, 2.75) is 59.3 Å². The Kier molecular flexibility index (Phi) is 9.45. The third-order valence-corrected chi connectivity index (χ3v) is 6.81. The van der Waals surface area contributed by atoms with Gasteiger partial charge in [-0.2, -0.15) is 13.2 Å². The van der Waals surface area contributed by atoms with Gasteiger partial charge in [0.15, 0.2) is 0 Å². The van der Waals surface area contributed by atoms with Gasteiger partial charge in [0.2, 0.25) is 5.91 Å². The number of piperazine rings is 1. The van der Waals surface area contributed by atoms with Gasteiger partial charge in [0.1, 0.15) is 0 Å². The number of hydrogen-bond donors (Lipinski definition) is 1. The third-order valence-electron chi connectivity index (χ3n) is 6.81. The van der Waals surface area contributed by atoms with E-state index in [1.807, 2.05) is 25.7 Å². The fourth-order valence-electron chi connectivity index (χ4n) is 5.00. The SMILES string of the molecule is CCOC(=O)C1=C(CN2CCN(C(=O)CC(C)C)[C@H](C)C2)N(CC)C(=O)N[C@@H]1c1ccc(C(F)(F)F)cc1. The molecule has 0 unspecified atom stereocenters. The first-order chi connectivity index (χ1) is 17.9. The molecular formula is C27H37F3N4O4. The van der Waals surface area contributed by atoms with E-state index in [0.29, 0.717) is 37.3 Å². The zero-order valence-electron chi connectivity index (χ0n) is 22.6. The molecule has 2 aliphatic heterocycles. The number of nitrogens with zero attached hydrogens (tertiary/aromatic N) is 3. The first-order valence-corrected chi connectivity index (χ1v) is 13.0. The molecule has 3 rings (SSSR count). The van der Waals surface area contributed by atoms with E-state index in [4.69, 9.17) is 4.74 Å². The summed E-state index contributed by atoms with van der Waals surface area (Å²) in [6.45, 7) is 11.7. The van der Waals surface area contributed by atoms with Gasteiger partial charge in [0, 0.05) is 50.9 Å². The van der Waals surface area contributed by atoms with E-state index in [1.165, 1.54) is 17.0 Å². The molecule has 1 N–H and O–H groups in total. The molecular weight excluding hydrogens is 501 g/mol. The Labute approximate surface area is 221 Å². The summed E-state index contributed by atoms with van der Waals surface area (Å²) in [6.07, 6.45) is -4.03. The highest BCUT2D eigenvalue weighted by molar-refractivity contribution is 5.95. The minimum absolute atomic E-state index is 0.0557. The van der Waals surface area contributed by atoms with Gasteiger partial charge < -0.3 is 15.0 Å². The monoisotopic (exact) mass is 538 g/mol. The van der Waals surface area contributed by atoms with E-state index in [0.717, 1.165) is 12.1 Å². The number of likely N-dealkylation sites (N-methyl/N-ethyl adjacent to an activating group) is 1. The Morgan fingerprint density at radius 2 is 1.79 bits per heavy atom. The van der Waals surface area contributed by atoms with Crippen LogP contribution in [0.4, 0.5) is 18.0 Å². The molecule has 1 saturated heterocycles. The fraction of sp³-hybridized carbons (Fsp3) is 0.593. The quantitative estimate of drug-likeness (QED) is 0.502. The van der Waals surface area contributed by atoms with Crippen molar-refractivity contribution in [2.75, 3.05) is 39.3 Å². The van der Waals surface area contributed by atoms with Gasteiger partial charge in [-0.25, -0.2) is 9.59 Å². The van der Waals surface area contributed by atoms with Gasteiger partial charge in [-0.1, -0.05) is 26.0 Å². The number of hydrogen-bond acceptors (Lipinski definition) is 5. The number of carbonyl (C=O) groups is 3. The van der Waals surface area contributed by atoms with E-state index in [2.05, 4.69) is 10.2 Å². The highest BCUT2D eigenvalue weighted by Gasteiger charge is 2.40. The summed E-state index contributed by atoms with van der Waals surface area (Å²) in [5, 5.41) is 2.77. The highest BCUT2D eigenvalue weighted by atomic mass is 19.4. The van der Waals surface area contributed by atoms with Gasteiger partial charge in [-0.05, 0) is 44.4 Å². The molecule has 0 aliphatic carbocycles. The standard InChI is InChI=1S/C27H37F3N4O4/c1-6-33-21(16-32-12-13-34(18(5)15-32)22(35)14-17(3)4)23(25(36)38-7-2)24(31-26(33)37)19-8-10-20(11-9-19)27(28,29)30/h8-11,17-18,24H,6-7,12-16H2,1-5H3,(H,31,37)/t18-,24-/m1/s1. The number of esters is 1. The predicted molar refractivity (Wildman–Crippen MR) is 136 cm³/mol. The highest BCUT2D eigenvalue weighted by Crippen LogP contribution is 2.35. The van der Waals surface area contributed by atoms with Crippen molar-refractivity contribution in [2.24, 2.45) is 5.92 Å². The topological polar surface area (TPSA) is 82.2 Å². The van der Waals surface area contributed by atoms with Crippen molar-refractivity contribution in [3.8, 4) is 0 Å². The second-order valence-corrected chi connectivity index (χ2v) is 10.1. The van der Waals surface area contributed by atoms with Crippen LogP contribution in [0, 0.1) is 5.92 Å². The van der Waals surface area contributed by atoms with Gasteiger partial charge in [0.25, 0.3) is 0 Å². The lowest BCUT2D eigenvalue weighted by Crippen LogP contribution is -2.56. The molecule has 1 fully saturated rings. The summed E-state index contributed by atoms with van der Waals surface area (Å²) in [4.78, 5) is 44.4. The molecule has 3 amide bonds. The number of carbonyl (C=O) groups excluding carboxylic acids is 3. The average Bonchev–Trinajstić information content (AvgIpc) is 2.83. The number of rotatable bonds is 8. The minimum Gasteiger partial charge on any atom is -0.463 e. The maximum Gasteiger partial charge on any atom is 0.416 e. The summed E-state index contributed by atoms with van der Waals surface area (Å²) in [5.74, 6) is -0.274. The lowest BCUT2D eigenvalue weighted by molar-refractivity contribution is -0.139. The summed E-state index contributed by atoms with van der Waals surface area (Å²) in [5.41, 5.74) is 0.173. The van der Waals surface area contributed by atoms with Gasteiger partial charge >= 0.3 is 18.2 Å². The first kappa shape index (κ1) is 29.5. The fourth-order valence-corrected chi connectivity index (χ4v) is 5.00. The first-order valence-electron chi connectivity index (χ1n) is 13.0. The molecule has 1 aromatic carbocycles. The number of ether oxygens (including phenoxy) is 1. The van der Waals surface area contributed by atoms with Crippen molar-refractivity contribution >= 4 is 17.9 Å². The largest absolute Gasteiger partial charge is 0.463 e. The van der Waals surface area contributed by atoms with Crippen molar-refractivity contribution in [1.29, 1.82) is 0 Å². The maximum atomic E-state index is 13.2. The predicted octanol–water partition coefficient (Wildman–Crippen LogP) is 4.19. The molecule has 0 radical (unpaired) electrons. The van der Waals surface area contributed by atoms with Gasteiger partial charge in [-0.15, -0.1) is 0 Å². The summed E-state index contributed by atoms with van der Waals surface area (Å²) < 4.78 is 44.7. The Morgan fingerprint density at radius 3 is 2.32 bits per heavy atom. The average molecular weight is 539 g/mol. The van der Waals surface area contributed by atoms with E-state index >= 15 is 0 Å². The number of urea groups is 1. The molecule has 2 aliphatic rings. The van der Waals surface area contributed by atoms with Crippen molar-refractivity contribution < 1.29 is 32.3 Å². The van der Waals surface area contributed by atoms with E-state index in [9.17, 15) is 27.6 Å². The number of amides is 3. The van der Waals surface area contributed by atoms with E-state index in [-0.39, 0.29) is 43.1 Å². The normalized spacial score (nSPS) is 21.1. The van der Waals surface area contributed by atoms with Crippen LogP contribution in [0.5, 0.6) is 0 Å². The zero-order valence-corrected chi connectivity index (χ0v) is 22.6. The zero-order chi connectivity index (χ0) is 28.2. The summed E-state index contributed by atoms with van der Waals surface area (Å²) in [6, 6.07) is 2.95. The van der Waals surface area contributed by atoms with Crippen LogP contribution in [0.2, 0.25) is 0 Å². The van der Waals surface area contributed by atoms with Crippen LogP contribution < -0.4 is 5.32 Å². The van der Waals surface area contributed by atoms with Crippen LogP contribution in [0.3, 0.4) is 0 Å². The molecule has 38 heavy (non-hydrogen) atoms. The molecule has 0 spiro atoms. The van der Waals surface area contributed by atoms with Crippen LogP contribution in [-0.2, 0) is 20.5 Å². The van der Waals surface area contributed by atoms with Crippen LogP contribution in [0.1, 0.15) is 58.2 Å². The molecule has 2 heterocycles. The number of halogens is 3. The molecule has 11 heteroatoms.